The molecule has 2 N–H and O–H groups in total. The average molecular weight is 263 g/mol. The largest absolute Gasteiger partial charge is 0.506 e. The molecule has 0 bridgehead atoms. The summed E-state index contributed by atoms with van der Waals surface area (Å²) in [5.74, 6) is -2.83. The van der Waals surface area contributed by atoms with E-state index in [1.54, 1.807) is 13.0 Å². The molecule has 5 heteroatoms. The number of benzene rings is 2. The number of phenolic OH excluding ortho intramolecular Hbond substituents is 1. The average Bonchev–Trinajstić information content (AvgIpc) is 2.36. The molecule has 1 amide bonds. The first-order valence-corrected chi connectivity index (χ1v) is 5.53. The van der Waals surface area contributed by atoms with E-state index in [1.807, 2.05) is 0 Å². The molecule has 0 saturated carbocycles. The lowest BCUT2D eigenvalue weighted by Gasteiger charge is -2.08. The molecule has 0 aliphatic heterocycles. The van der Waals surface area contributed by atoms with Crippen molar-refractivity contribution in [3.8, 4) is 5.75 Å². The molecular weight excluding hydrogens is 252 g/mol. The molecule has 0 atom stereocenters. The summed E-state index contributed by atoms with van der Waals surface area (Å²) in [7, 11) is 0. The second-order valence-corrected chi connectivity index (χ2v) is 4.10. The maximum atomic E-state index is 13.0. The molecule has 3 nitrogen and oxygen atoms in total. The topological polar surface area (TPSA) is 49.3 Å². The van der Waals surface area contributed by atoms with E-state index in [0.29, 0.717) is 0 Å². The first-order chi connectivity index (χ1) is 8.97. The standard InChI is InChI=1S/C14H11F2NO2/c1-8-2-5-12(13(18)6-8)17-14(19)9-3-4-10(15)11(16)7-9/h2-7,18H,1H3,(H,17,19). The van der Waals surface area contributed by atoms with Crippen LogP contribution in [0.4, 0.5) is 14.5 Å². The molecule has 98 valence electrons. The van der Waals surface area contributed by atoms with Crippen LogP contribution in [0.1, 0.15) is 15.9 Å². The molecule has 0 radical (unpaired) electrons. The molecule has 0 spiro atoms. The van der Waals surface area contributed by atoms with Gasteiger partial charge in [0.2, 0.25) is 0 Å². The van der Waals surface area contributed by atoms with Gasteiger partial charge in [-0.1, -0.05) is 6.07 Å². The van der Waals surface area contributed by atoms with E-state index in [0.717, 1.165) is 17.7 Å². The van der Waals surface area contributed by atoms with E-state index in [-0.39, 0.29) is 17.0 Å². The van der Waals surface area contributed by atoms with Crippen LogP contribution in [-0.4, -0.2) is 11.0 Å². The molecule has 2 aromatic rings. The number of anilines is 1. The molecule has 0 heterocycles. The van der Waals surface area contributed by atoms with Gasteiger partial charge in [0.15, 0.2) is 11.6 Å². The number of aryl methyl sites for hydroxylation is 1. The fraction of sp³-hybridized carbons (Fsp3) is 0.0714. The third-order valence-electron chi connectivity index (χ3n) is 2.58. The number of hydrogen-bond donors (Lipinski definition) is 2. The van der Waals surface area contributed by atoms with Gasteiger partial charge in [0.1, 0.15) is 5.75 Å². The van der Waals surface area contributed by atoms with Crippen LogP contribution < -0.4 is 5.32 Å². The number of hydrogen-bond acceptors (Lipinski definition) is 2. The molecular formula is C14H11F2NO2. The normalized spacial score (nSPS) is 10.3. The van der Waals surface area contributed by atoms with Gasteiger partial charge in [-0.2, -0.15) is 0 Å². The fourth-order valence-electron chi connectivity index (χ4n) is 1.58. The third-order valence-corrected chi connectivity index (χ3v) is 2.58. The number of amides is 1. The molecule has 0 aliphatic rings. The van der Waals surface area contributed by atoms with E-state index >= 15 is 0 Å². The Bertz CT molecular complexity index is 641. The van der Waals surface area contributed by atoms with Gasteiger partial charge >= 0.3 is 0 Å². The highest BCUT2D eigenvalue weighted by molar-refractivity contribution is 6.05. The number of carbonyl (C=O) groups excluding carboxylic acids is 1. The zero-order valence-electron chi connectivity index (χ0n) is 10.1. The predicted molar refractivity (Wildman–Crippen MR) is 67.2 cm³/mol. The van der Waals surface area contributed by atoms with Gasteiger partial charge in [0.25, 0.3) is 5.91 Å². The Morgan fingerprint density at radius 1 is 1.11 bits per heavy atom. The molecule has 0 aromatic heterocycles. The summed E-state index contributed by atoms with van der Waals surface area (Å²) in [6.45, 7) is 1.79. The van der Waals surface area contributed by atoms with E-state index in [2.05, 4.69) is 5.32 Å². The third kappa shape index (κ3) is 2.88. The lowest BCUT2D eigenvalue weighted by molar-refractivity contribution is 0.102. The quantitative estimate of drug-likeness (QED) is 0.817. The first-order valence-electron chi connectivity index (χ1n) is 5.53. The molecule has 19 heavy (non-hydrogen) atoms. The number of halogens is 2. The van der Waals surface area contributed by atoms with Crippen molar-refractivity contribution in [2.45, 2.75) is 6.92 Å². The Morgan fingerprint density at radius 3 is 2.47 bits per heavy atom. The summed E-state index contributed by atoms with van der Waals surface area (Å²) in [6, 6.07) is 7.57. The summed E-state index contributed by atoms with van der Waals surface area (Å²) >= 11 is 0. The molecule has 0 aliphatic carbocycles. The smallest absolute Gasteiger partial charge is 0.255 e. The summed E-state index contributed by atoms with van der Waals surface area (Å²) < 4.78 is 25.8. The second-order valence-electron chi connectivity index (χ2n) is 4.10. The van der Waals surface area contributed by atoms with Gasteiger partial charge in [0.05, 0.1) is 5.69 Å². The Morgan fingerprint density at radius 2 is 1.84 bits per heavy atom. The number of phenols is 1. The number of aromatic hydroxyl groups is 1. The maximum Gasteiger partial charge on any atom is 0.255 e. The highest BCUT2D eigenvalue weighted by Gasteiger charge is 2.11. The molecule has 0 saturated heterocycles. The monoisotopic (exact) mass is 263 g/mol. The zero-order valence-corrected chi connectivity index (χ0v) is 10.1. The van der Waals surface area contributed by atoms with Crippen LogP contribution in [0.2, 0.25) is 0 Å². The fourth-order valence-corrected chi connectivity index (χ4v) is 1.58. The molecule has 0 unspecified atom stereocenters. The summed E-state index contributed by atoms with van der Waals surface area (Å²) in [6.07, 6.45) is 0. The minimum absolute atomic E-state index is 0.0288. The maximum absolute atomic E-state index is 13.0. The minimum Gasteiger partial charge on any atom is -0.506 e. The van der Waals surface area contributed by atoms with Crippen molar-refractivity contribution in [3.05, 3.63) is 59.2 Å². The van der Waals surface area contributed by atoms with Crippen molar-refractivity contribution in [2.24, 2.45) is 0 Å². The van der Waals surface area contributed by atoms with Gasteiger partial charge < -0.3 is 10.4 Å². The van der Waals surface area contributed by atoms with Crippen LogP contribution in [0.3, 0.4) is 0 Å². The highest BCUT2D eigenvalue weighted by Crippen LogP contribution is 2.24. The van der Waals surface area contributed by atoms with Crippen LogP contribution in [0, 0.1) is 18.6 Å². The van der Waals surface area contributed by atoms with Gasteiger partial charge in [-0.3, -0.25) is 4.79 Å². The Kier molecular flexibility index (Phi) is 3.46. The van der Waals surface area contributed by atoms with Crippen molar-refractivity contribution in [2.75, 3.05) is 5.32 Å². The van der Waals surface area contributed by atoms with Gasteiger partial charge in [-0.05, 0) is 42.8 Å². The van der Waals surface area contributed by atoms with Crippen LogP contribution >= 0.6 is 0 Å². The van der Waals surface area contributed by atoms with Crippen LogP contribution in [0.25, 0.3) is 0 Å². The van der Waals surface area contributed by atoms with Crippen molar-refractivity contribution in [1.82, 2.24) is 0 Å². The van der Waals surface area contributed by atoms with Crippen LogP contribution in [0.15, 0.2) is 36.4 Å². The summed E-state index contributed by atoms with van der Waals surface area (Å²) in [4.78, 5) is 11.8. The first kappa shape index (κ1) is 13.0. The number of carbonyl (C=O) groups is 1. The summed E-state index contributed by atoms with van der Waals surface area (Å²) in [5.41, 5.74) is 1.02. The number of rotatable bonds is 2. The van der Waals surface area contributed by atoms with E-state index in [9.17, 15) is 18.7 Å². The van der Waals surface area contributed by atoms with Crippen molar-refractivity contribution in [3.63, 3.8) is 0 Å². The van der Waals surface area contributed by atoms with Crippen molar-refractivity contribution in [1.29, 1.82) is 0 Å². The molecule has 2 aromatic carbocycles. The summed E-state index contributed by atoms with van der Waals surface area (Å²) in [5, 5.41) is 12.1. The SMILES string of the molecule is Cc1ccc(NC(=O)c2ccc(F)c(F)c2)c(O)c1. The molecule has 0 fully saturated rings. The predicted octanol–water partition coefficient (Wildman–Crippen LogP) is 3.23. The van der Waals surface area contributed by atoms with E-state index < -0.39 is 17.5 Å². The van der Waals surface area contributed by atoms with E-state index in [1.165, 1.54) is 18.2 Å². The second kappa shape index (κ2) is 5.06. The van der Waals surface area contributed by atoms with Crippen LogP contribution in [0.5, 0.6) is 5.75 Å². The number of nitrogens with one attached hydrogen (secondary N) is 1. The lowest BCUT2D eigenvalue weighted by Crippen LogP contribution is -2.12. The van der Waals surface area contributed by atoms with E-state index in [4.69, 9.17) is 0 Å². The lowest BCUT2D eigenvalue weighted by atomic mass is 10.1. The Balaban J connectivity index is 2.23. The Labute approximate surface area is 108 Å². The van der Waals surface area contributed by atoms with Gasteiger partial charge in [0, 0.05) is 5.56 Å². The van der Waals surface area contributed by atoms with Gasteiger partial charge in [-0.25, -0.2) is 8.78 Å². The minimum atomic E-state index is -1.10. The van der Waals surface area contributed by atoms with Crippen LogP contribution in [-0.2, 0) is 0 Å². The highest BCUT2D eigenvalue weighted by atomic mass is 19.2. The zero-order chi connectivity index (χ0) is 14.0. The van der Waals surface area contributed by atoms with Crippen molar-refractivity contribution >= 4 is 11.6 Å². The molecule has 2 rings (SSSR count). The van der Waals surface area contributed by atoms with Crippen molar-refractivity contribution < 1.29 is 18.7 Å². The Hall–Kier alpha value is -2.43. The van der Waals surface area contributed by atoms with Gasteiger partial charge in [-0.15, -0.1) is 0 Å².